The minimum atomic E-state index is 0.315. The van der Waals surface area contributed by atoms with Crippen molar-refractivity contribution in [2.45, 2.75) is 19.5 Å². The summed E-state index contributed by atoms with van der Waals surface area (Å²) in [4.78, 5) is 4.92. The van der Waals surface area contributed by atoms with Crippen LogP contribution >= 0.6 is 11.6 Å². The maximum Gasteiger partial charge on any atom is 0.121 e. The molecular weight excluding hydrogens is 260 g/mol. The van der Waals surface area contributed by atoms with Crippen molar-refractivity contribution in [1.29, 1.82) is 0 Å². The van der Waals surface area contributed by atoms with Gasteiger partial charge in [-0.2, -0.15) is 0 Å². The average molecular weight is 281 g/mol. The van der Waals surface area contributed by atoms with Gasteiger partial charge in [-0.1, -0.05) is 17.7 Å². The van der Waals surface area contributed by atoms with Crippen LogP contribution in [-0.4, -0.2) is 47.6 Å². The highest BCUT2D eigenvalue weighted by Crippen LogP contribution is 2.36. The highest BCUT2D eigenvalue weighted by molar-refractivity contribution is 6.30. The second kappa shape index (κ2) is 4.97. The maximum absolute atomic E-state index is 9.93. The minimum Gasteiger partial charge on any atom is -0.508 e. The first-order valence-electron chi connectivity index (χ1n) is 6.94. The number of aromatic hydroxyl groups is 1. The Morgan fingerprint density at radius 3 is 2.79 bits per heavy atom. The fourth-order valence-electron chi connectivity index (χ4n) is 3.63. The number of hydrogen-bond donors (Lipinski definition) is 1. The van der Waals surface area contributed by atoms with Gasteiger partial charge in [0.1, 0.15) is 5.75 Å². The molecule has 1 N–H and O–H groups in total. The lowest BCUT2D eigenvalue weighted by atomic mass is 9.95. The quantitative estimate of drug-likeness (QED) is 0.901. The summed E-state index contributed by atoms with van der Waals surface area (Å²) in [6, 6.07) is 6.09. The molecule has 0 aromatic heterocycles. The third kappa shape index (κ3) is 2.47. The Kier molecular flexibility index (Phi) is 3.46. The van der Waals surface area contributed by atoms with Crippen molar-refractivity contribution in [3.8, 4) is 5.75 Å². The number of likely N-dealkylation sites (tertiary alicyclic amines) is 2. The monoisotopic (exact) mass is 280 g/mol. The molecule has 2 saturated heterocycles. The fourth-order valence-corrected chi connectivity index (χ4v) is 3.80. The highest BCUT2D eigenvalue weighted by atomic mass is 35.5. The van der Waals surface area contributed by atoms with Crippen LogP contribution in [0.4, 0.5) is 0 Å². The first-order valence-corrected chi connectivity index (χ1v) is 7.32. The van der Waals surface area contributed by atoms with Gasteiger partial charge in [0.05, 0.1) is 0 Å². The third-order valence-electron chi connectivity index (χ3n) is 4.85. The van der Waals surface area contributed by atoms with Crippen LogP contribution in [0.25, 0.3) is 0 Å². The van der Waals surface area contributed by atoms with Crippen molar-refractivity contribution in [3.63, 3.8) is 0 Å². The Morgan fingerprint density at radius 1 is 1.32 bits per heavy atom. The van der Waals surface area contributed by atoms with Gasteiger partial charge in [0.2, 0.25) is 0 Å². The predicted octanol–water partition coefficient (Wildman–Crippen LogP) is 2.43. The van der Waals surface area contributed by atoms with E-state index in [1.807, 2.05) is 12.1 Å². The van der Waals surface area contributed by atoms with Crippen LogP contribution in [0.3, 0.4) is 0 Å². The first kappa shape index (κ1) is 13.2. The molecule has 3 atom stereocenters. The summed E-state index contributed by atoms with van der Waals surface area (Å²) >= 11 is 5.87. The van der Waals surface area contributed by atoms with E-state index < -0.39 is 0 Å². The molecule has 0 radical (unpaired) electrons. The molecule has 0 unspecified atom stereocenters. The average Bonchev–Trinajstić information content (AvgIpc) is 2.84. The smallest absolute Gasteiger partial charge is 0.121 e. The van der Waals surface area contributed by atoms with Gasteiger partial charge in [-0.15, -0.1) is 0 Å². The van der Waals surface area contributed by atoms with E-state index in [1.54, 1.807) is 6.07 Å². The van der Waals surface area contributed by atoms with Crippen molar-refractivity contribution in [1.82, 2.24) is 9.80 Å². The number of halogens is 1. The molecule has 0 spiro atoms. The van der Waals surface area contributed by atoms with E-state index in [1.165, 1.54) is 6.54 Å². The van der Waals surface area contributed by atoms with Gasteiger partial charge >= 0.3 is 0 Å². The standard InChI is InChI=1S/C15H21ClN2O/c1-10-14-9-18(8-12(14)6-17(10)2)7-11-3-4-13(16)5-15(11)19/h3-5,10,12,14,19H,6-9H2,1-2H3/t10-,12-,14-/m1/s1. The Bertz CT molecular complexity index is 479. The van der Waals surface area contributed by atoms with Crippen molar-refractivity contribution in [2.24, 2.45) is 11.8 Å². The van der Waals surface area contributed by atoms with E-state index in [9.17, 15) is 5.11 Å². The zero-order chi connectivity index (χ0) is 13.6. The second-order valence-corrected chi connectivity index (χ2v) is 6.51. The summed E-state index contributed by atoms with van der Waals surface area (Å²) in [6.07, 6.45) is 0. The molecule has 19 heavy (non-hydrogen) atoms. The Hall–Kier alpha value is -0.770. The Morgan fingerprint density at radius 2 is 2.11 bits per heavy atom. The van der Waals surface area contributed by atoms with Crippen LogP contribution in [0, 0.1) is 11.8 Å². The highest BCUT2D eigenvalue weighted by Gasteiger charge is 2.43. The van der Waals surface area contributed by atoms with Crippen LogP contribution in [0.1, 0.15) is 12.5 Å². The topological polar surface area (TPSA) is 26.7 Å². The van der Waals surface area contributed by atoms with Crippen LogP contribution in [0.5, 0.6) is 5.75 Å². The zero-order valence-electron chi connectivity index (χ0n) is 11.5. The molecule has 0 saturated carbocycles. The summed E-state index contributed by atoms with van der Waals surface area (Å²) in [5.41, 5.74) is 0.977. The summed E-state index contributed by atoms with van der Waals surface area (Å²) in [5, 5.41) is 10.5. The Labute approximate surface area is 119 Å². The summed E-state index contributed by atoms with van der Waals surface area (Å²) in [5.74, 6) is 1.88. The van der Waals surface area contributed by atoms with E-state index >= 15 is 0 Å². The van der Waals surface area contributed by atoms with Crippen molar-refractivity contribution >= 4 is 11.6 Å². The van der Waals surface area contributed by atoms with Gasteiger partial charge in [0, 0.05) is 42.8 Å². The van der Waals surface area contributed by atoms with Crippen LogP contribution in [0.2, 0.25) is 5.02 Å². The minimum absolute atomic E-state index is 0.315. The molecule has 2 heterocycles. The predicted molar refractivity (Wildman–Crippen MR) is 77.5 cm³/mol. The second-order valence-electron chi connectivity index (χ2n) is 6.07. The van der Waals surface area contributed by atoms with E-state index in [2.05, 4.69) is 23.8 Å². The first-order chi connectivity index (χ1) is 9.04. The molecule has 2 fully saturated rings. The number of hydrogen-bond acceptors (Lipinski definition) is 3. The molecular formula is C15H21ClN2O. The van der Waals surface area contributed by atoms with Gasteiger partial charge in [-0.25, -0.2) is 0 Å². The number of phenols is 1. The number of fused-ring (bicyclic) bond motifs is 1. The molecule has 3 rings (SSSR count). The SMILES string of the molecule is C[C@@H]1[C@H]2CN(Cc3ccc(Cl)cc3O)C[C@H]2CN1C. The summed E-state index contributed by atoms with van der Waals surface area (Å²) < 4.78 is 0. The molecule has 4 heteroatoms. The molecule has 1 aromatic rings. The summed E-state index contributed by atoms with van der Waals surface area (Å²) in [7, 11) is 2.22. The molecule has 1 aromatic carbocycles. The number of benzene rings is 1. The lowest BCUT2D eigenvalue weighted by Crippen LogP contribution is -2.31. The molecule has 0 bridgehead atoms. The third-order valence-corrected chi connectivity index (χ3v) is 5.08. The van der Waals surface area contributed by atoms with E-state index in [0.717, 1.165) is 37.0 Å². The molecule has 2 aliphatic rings. The molecule has 104 valence electrons. The maximum atomic E-state index is 9.93. The molecule has 2 aliphatic heterocycles. The summed E-state index contributed by atoms with van der Waals surface area (Å²) in [6.45, 7) is 6.63. The number of phenolic OH excluding ortho intramolecular Hbond substituents is 1. The van der Waals surface area contributed by atoms with Gasteiger partial charge in [-0.3, -0.25) is 4.90 Å². The fraction of sp³-hybridized carbons (Fsp3) is 0.600. The lowest BCUT2D eigenvalue weighted by Gasteiger charge is -2.23. The van der Waals surface area contributed by atoms with E-state index in [-0.39, 0.29) is 0 Å². The van der Waals surface area contributed by atoms with Crippen molar-refractivity contribution < 1.29 is 5.11 Å². The number of rotatable bonds is 2. The van der Waals surface area contributed by atoms with Crippen LogP contribution < -0.4 is 0 Å². The Balaban J connectivity index is 1.67. The normalized spacial score (nSPS) is 31.8. The molecule has 3 nitrogen and oxygen atoms in total. The largest absolute Gasteiger partial charge is 0.508 e. The number of nitrogens with zero attached hydrogens (tertiary/aromatic N) is 2. The van der Waals surface area contributed by atoms with Crippen molar-refractivity contribution in [2.75, 3.05) is 26.7 Å². The van der Waals surface area contributed by atoms with Gasteiger partial charge in [0.25, 0.3) is 0 Å². The molecule has 0 amide bonds. The zero-order valence-corrected chi connectivity index (χ0v) is 12.3. The van der Waals surface area contributed by atoms with E-state index in [4.69, 9.17) is 11.6 Å². The van der Waals surface area contributed by atoms with Crippen LogP contribution in [-0.2, 0) is 6.54 Å². The van der Waals surface area contributed by atoms with E-state index in [0.29, 0.717) is 16.8 Å². The van der Waals surface area contributed by atoms with Crippen molar-refractivity contribution in [3.05, 3.63) is 28.8 Å². The van der Waals surface area contributed by atoms with Gasteiger partial charge < -0.3 is 10.0 Å². The van der Waals surface area contributed by atoms with Gasteiger partial charge in [-0.05, 0) is 37.9 Å². The van der Waals surface area contributed by atoms with Gasteiger partial charge in [0.15, 0.2) is 0 Å². The lowest BCUT2D eigenvalue weighted by molar-refractivity contribution is 0.232. The van der Waals surface area contributed by atoms with Crippen LogP contribution in [0.15, 0.2) is 18.2 Å². The molecule has 0 aliphatic carbocycles.